The fraction of sp³-hybridized carbons (Fsp3) is 0.900. The Morgan fingerprint density at radius 1 is 1.57 bits per heavy atom. The number of methoxy groups -OCH3 is 2. The van der Waals surface area contributed by atoms with Crippen LogP contribution in [0.15, 0.2) is 0 Å². The fourth-order valence-electron chi connectivity index (χ4n) is 1.89. The van der Waals surface area contributed by atoms with Gasteiger partial charge in [0.2, 0.25) is 0 Å². The topological polar surface area (TPSA) is 38.8 Å². The lowest BCUT2D eigenvalue weighted by molar-refractivity contribution is -0.145. The molecule has 0 bridgehead atoms. The van der Waals surface area contributed by atoms with E-state index in [1.807, 2.05) is 0 Å². The number of nitrogens with zero attached hydrogens (tertiary/aromatic N) is 1. The van der Waals surface area contributed by atoms with Crippen LogP contribution in [0.2, 0.25) is 0 Å². The van der Waals surface area contributed by atoms with Gasteiger partial charge in [-0.25, -0.2) is 0 Å². The third kappa shape index (κ3) is 2.69. The summed E-state index contributed by atoms with van der Waals surface area (Å²) in [6, 6.07) is 0.384. The van der Waals surface area contributed by atoms with E-state index in [1.165, 1.54) is 7.11 Å². The molecule has 0 aromatic rings. The van der Waals surface area contributed by atoms with Crippen LogP contribution in [0.1, 0.15) is 13.3 Å². The maximum Gasteiger partial charge on any atom is 0.310 e. The number of ether oxygens (including phenoxy) is 2. The van der Waals surface area contributed by atoms with Crippen molar-refractivity contribution in [1.82, 2.24) is 4.90 Å². The van der Waals surface area contributed by atoms with Crippen molar-refractivity contribution in [2.24, 2.45) is 5.92 Å². The van der Waals surface area contributed by atoms with Gasteiger partial charge in [-0.05, 0) is 19.9 Å². The Morgan fingerprint density at radius 2 is 2.29 bits per heavy atom. The first-order valence-electron chi connectivity index (χ1n) is 4.99. The van der Waals surface area contributed by atoms with Gasteiger partial charge in [0.1, 0.15) is 0 Å². The average molecular weight is 201 g/mol. The molecule has 0 saturated carbocycles. The molecule has 0 aromatic heterocycles. The number of carbonyl (C=O) groups is 1. The first kappa shape index (κ1) is 11.5. The van der Waals surface area contributed by atoms with Crippen molar-refractivity contribution in [1.29, 1.82) is 0 Å². The lowest BCUT2D eigenvalue weighted by Gasteiger charge is -2.23. The van der Waals surface area contributed by atoms with Gasteiger partial charge in [0, 0.05) is 19.7 Å². The van der Waals surface area contributed by atoms with Gasteiger partial charge in [0.25, 0.3) is 0 Å². The molecule has 1 fully saturated rings. The smallest absolute Gasteiger partial charge is 0.310 e. The summed E-state index contributed by atoms with van der Waals surface area (Å²) in [6.07, 6.45) is 0.903. The summed E-state index contributed by atoms with van der Waals surface area (Å²) in [4.78, 5) is 13.5. The maximum atomic E-state index is 11.3. The van der Waals surface area contributed by atoms with E-state index in [0.717, 1.165) is 19.5 Å². The van der Waals surface area contributed by atoms with E-state index in [2.05, 4.69) is 11.8 Å². The van der Waals surface area contributed by atoms with Gasteiger partial charge >= 0.3 is 5.97 Å². The predicted octanol–water partition coefficient (Wildman–Crippen LogP) is 0.516. The highest BCUT2D eigenvalue weighted by atomic mass is 16.5. The molecular weight excluding hydrogens is 182 g/mol. The van der Waals surface area contributed by atoms with Crippen molar-refractivity contribution in [2.75, 3.05) is 33.9 Å². The van der Waals surface area contributed by atoms with Crippen molar-refractivity contribution >= 4 is 5.97 Å². The Balaban J connectivity index is 2.36. The Hall–Kier alpha value is -0.610. The largest absolute Gasteiger partial charge is 0.469 e. The summed E-state index contributed by atoms with van der Waals surface area (Å²) >= 11 is 0. The molecule has 1 saturated heterocycles. The van der Waals surface area contributed by atoms with Crippen LogP contribution in [0.25, 0.3) is 0 Å². The second-order valence-corrected chi connectivity index (χ2v) is 3.81. The van der Waals surface area contributed by atoms with Gasteiger partial charge in [0.15, 0.2) is 0 Å². The third-order valence-corrected chi connectivity index (χ3v) is 2.79. The van der Waals surface area contributed by atoms with E-state index < -0.39 is 0 Å². The standard InChI is InChI=1S/C10H19NO3/c1-8(7-13-2)11-5-4-9(6-11)10(12)14-3/h8-9H,4-7H2,1-3H3. The molecule has 0 spiro atoms. The average Bonchev–Trinajstić information content (AvgIpc) is 2.66. The van der Waals surface area contributed by atoms with E-state index >= 15 is 0 Å². The van der Waals surface area contributed by atoms with Crippen LogP contribution in [0.4, 0.5) is 0 Å². The molecule has 0 N–H and O–H groups in total. The molecule has 2 unspecified atom stereocenters. The van der Waals surface area contributed by atoms with E-state index in [1.54, 1.807) is 7.11 Å². The Labute approximate surface area is 85.2 Å². The van der Waals surface area contributed by atoms with Crippen LogP contribution in [-0.4, -0.2) is 50.8 Å². The zero-order valence-electron chi connectivity index (χ0n) is 9.16. The van der Waals surface area contributed by atoms with Crippen LogP contribution in [0.5, 0.6) is 0 Å². The summed E-state index contributed by atoms with van der Waals surface area (Å²) in [5.41, 5.74) is 0. The zero-order valence-corrected chi connectivity index (χ0v) is 9.16. The summed E-state index contributed by atoms with van der Waals surface area (Å²) in [5.74, 6) is -0.0311. The molecule has 0 aromatic carbocycles. The van der Waals surface area contributed by atoms with Crippen LogP contribution >= 0.6 is 0 Å². The Bertz CT molecular complexity index is 196. The summed E-state index contributed by atoms with van der Waals surface area (Å²) in [7, 11) is 3.15. The molecule has 2 atom stereocenters. The van der Waals surface area contributed by atoms with Crippen molar-refractivity contribution in [3.63, 3.8) is 0 Å². The van der Waals surface area contributed by atoms with Gasteiger partial charge in [-0.3, -0.25) is 9.69 Å². The summed E-state index contributed by atoms with van der Waals surface area (Å²) in [5, 5.41) is 0. The number of rotatable bonds is 4. The van der Waals surface area contributed by atoms with E-state index in [4.69, 9.17) is 9.47 Å². The minimum atomic E-state index is -0.0860. The number of hydrogen-bond acceptors (Lipinski definition) is 4. The van der Waals surface area contributed by atoms with Gasteiger partial charge < -0.3 is 9.47 Å². The highest BCUT2D eigenvalue weighted by Crippen LogP contribution is 2.19. The SMILES string of the molecule is COCC(C)N1CCC(C(=O)OC)C1. The lowest BCUT2D eigenvalue weighted by Crippen LogP contribution is -2.35. The second kappa shape index (κ2) is 5.32. The van der Waals surface area contributed by atoms with Gasteiger partial charge in [0.05, 0.1) is 19.6 Å². The predicted molar refractivity (Wildman–Crippen MR) is 53.0 cm³/mol. The molecule has 1 heterocycles. The molecule has 0 aliphatic carbocycles. The van der Waals surface area contributed by atoms with Crippen molar-refractivity contribution in [2.45, 2.75) is 19.4 Å². The van der Waals surface area contributed by atoms with Crippen molar-refractivity contribution in [3.8, 4) is 0 Å². The number of carbonyl (C=O) groups excluding carboxylic acids is 1. The highest BCUT2D eigenvalue weighted by molar-refractivity contribution is 5.72. The quantitative estimate of drug-likeness (QED) is 0.621. The summed E-state index contributed by atoms with van der Waals surface area (Å²) < 4.78 is 9.81. The molecule has 1 aliphatic rings. The van der Waals surface area contributed by atoms with Gasteiger partial charge in [-0.2, -0.15) is 0 Å². The van der Waals surface area contributed by atoms with Crippen molar-refractivity contribution < 1.29 is 14.3 Å². The van der Waals surface area contributed by atoms with Crippen LogP contribution in [0, 0.1) is 5.92 Å². The number of hydrogen-bond donors (Lipinski definition) is 0. The van der Waals surface area contributed by atoms with Crippen molar-refractivity contribution in [3.05, 3.63) is 0 Å². The van der Waals surface area contributed by atoms with Crippen LogP contribution < -0.4 is 0 Å². The molecule has 4 heteroatoms. The zero-order chi connectivity index (χ0) is 10.6. The monoisotopic (exact) mass is 201 g/mol. The molecule has 4 nitrogen and oxygen atoms in total. The minimum Gasteiger partial charge on any atom is -0.469 e. The van der Waals surface area contributed by atoms with E-state index in [9.17, 15) is 4.79 Å². The maximum absolute atomic E-state index is 11.3. The molecule has 0 radical (unpaired) electrons. The minimum absolute atomic E-state index is 0.0549. The third-order valence-electron chi connectivity index (χ3n) is 2.79. The van der Waals surface area contributed by atoms with E-state index in [-0.39, 0.29) is 11.9 Å². The second-order valence-electron chi connectivity index (χ2n) is 3.81. The molecular formula is C10H19NO3. The number of likely N-dealkylation sites (tertiary alicyclic amines) is 1. The van der Waals surface area contributed by atoms with Gasteiger partial charge in [-0.15, -0.1) is 0 Å². The molecule has 1 aliphatic heterocycles. The normalized spacial score (nSPS) is 24.9. The number of esters is 1. The molecule has 14 heavy (non-hydrogen) atoms. The van der Waals surface area contributed by atoms with Crippen LogP contribution in [0.3, 0.4) is 0 Å². The Kier molecular flexibility index (Phi) is 4.35. The van der Waals surface area contributed by atoms with Gasteiger partial charge in [-0.1, -0.05) is 0 Å². The van der Waals surface area contributed by atoms with Crippen LogP contribution in [-0.2, 0) is 14.3 Å². The molecule has 0 amide bonds. The molecule has 1 rings (SSSR count). The first-order valence-corrected chi connectivity index (χ1v) is 4.99. The summed E-state index contributed by atoms with van der Waals surface area (Å²) in [6.45, 7) is 4.60. The molecule has 82 valence electrons. The van der Waals surface area contributed by atoms with E-state index in [0.29, 0.717) is 12.6 Å². The lowest BCUT2D eigenvalue weighted by atomic mass is 10.1. The first-order chi connectivity index (χ1) is 6.69. The highest BCUT2D eigenvalue weighted by Gasteiger charge is 2.31. The Morgan fingerprint density at radius 3 is 2.86 bits per heavy atom. The fourth-order valence-corrected chi connectivity index (χ4v) is 1.89.